The number of amides is 1. The second-order valence-electron chi connectivity index (χ2n) is 4.49. The molecule has 0 aromatic heterocycles. The van der Waals surface area contributed by atoms with Gasteiger partial charge in [0, 0.05) is 7.11 Å². The zero-order chi connectivity index (χ0) is 13.1. The number of benzene rings is 1. The van der Waals surface area contributed by atoms with E-state index in [1.165, 1.54) is 0 Å². The van der Waals surface area contributed by atoms with Crippen LogP contribution >= 0.6 is 0 Å². The predicted octanol–water partition coefficient (Wildman–Crippen LogP) is 1.85. The van der Waals surface area contributed by atoms with Crippen LogP contribution < -0.4 is 15.4 Å². The molecule has 18 heavy (non-hydrogen) atoms. The molecular formula is C13H18N2O3. The first-order valence-corrected chi connectivity index (χ1v) is 5.98. The van der Waals surface area contributed by atoms with Crippen molar-refractivity contribution in [3.63, 3.8) is 0 Å². The highest BCUT2D eigenvalue weighted by Gasteiger charge is 2.27. The van der Waals surface area contributed by atoms with Crippen LogP contribution in [-0.4, -0.2) is 31.8 Å². The number of carbonyl (C=O) groups excluding carboxylic acids is 1. The highest BCUT2D eigenvalue weighted by molar-refractivity contribution is 6.04. The summed E-state index contributed by atoms with van der Waals surface area (Å²) in [6, 6.07) is 5.28. The fourth-order valence-electron chi connectivity index (χ4n) is 1.88. The summed E-state index contributed by atoms with van der Waals surface area (Å²) in [6.45, 7) is 4.23. The molecule has 0 fully saturated rings. The third-order valence-corrected chi connectivity index (χ3v) is 2.62. The van der Waals surface area contributed by atoms with Gasteiger partial charge in [0.15, 0.2) is 0 Å². The zero-order valence-corrected chi connectivity index (χ0v) is 10.8. The number of para-hydroxylation sites is 1. The lowest BCUT2D eigenvalue weighted by Crippen LogP contribution is -2.42. The van der Waals surface area contributed by atoms with Crippen molar-refractivity contribution in [3.05, 3.63) is 18.2 Å². The van der Waals surface area contributed by atoms with Crippen molar-refractivity contribution in [1.29, 1.82) is 0 Å². The number of anilines is 2. The predicted molar refractivity (Wildman–Crippen MR) is 70.1 cm³/mol. The molecule has 1 heterocycles. The Kier molecular flexibility index (Phi) is 3.72. The van der Waals surface area contributed by atoms with Crippen LogP contribution in [0.1, 0.15) is 13.8 Å². The minimum absolute atomic E-state index is 0.0603. The number of hydrogen-bond donors (Lipinski definition) is 2. The molecule has 1 aromatic rings. The summed E-state index contributed by atoms with van der Waals surface area (Å²) in [7, 11) is 1.57. The van der Waals surface area contributed by atoms with Crippen LogP contribution in [0.2, 0.25) is 0 Å². The SMILES string of the molecule is COCC1Nc2cccc(OC(C)C)c2NC1=O. The van der Waals surface area contributed by atoms with Crippen LogP contribution in [0.25, 0.3) is 0 Å². The summed E-state index contributed by atoms with van der Waals surface area (Å²) in [6.07, 6.45) is 0.0603. The van der Waals surface area contributed by atoms with E-state index >= 15 is 0 Å². The van der Waals surface area contributed by atoms with Crippen molar-refractivity contribution in [2.24, 2.45) is 0 Å². The Balaban J connectivity index is 2.27. The fourth-order valence-corrected chi connectivity index (χ4v) is 1.88. The lowest BCUT2D eigenvalue weighted by molar-refractivity contribution is -0.118. The van der Waals surface area contributed by atoms with Crippen LogP contribution in [0.3, 0.4) is 0 Å². The van der Waals surface area contributed by atoms with Crippen molar-refractivity contribution in [3.8, 4) is 5.75 Å². The first kappa shape index (κ1) is 12.7. The highest BCUT2D eigenvalue weighted by Crippen LogP contribution is 2.36. The van der Waals surface area contributed by atoms with Gasteiger partial charge in [0.05, 0.1) is 18.4 Å². The maximum absolute atomic E-state index is 11.9. The highest BCUT2D eigenvalue weighted by atomic mass is 16.5. The molecule has 2 rings (SSSR count). The van der Waals surface area contributed by atoms with Crippen molar-refractivity contribution in [2.45, 2.75) is 26.0 Å². The first-order chi connectivity index (χ1) is 8.61. The van der Waals surface area contributed by atoms with Gasteiger partial charge in [0.1, 0.15) is 17.5 Å². The van der Waals surface area contributed by atoms with Crippen molar-refractivity contribution >= 4 is 17.3 Å². The van der Waals surface area contributed by atoms with E-state index in [0.717, 1.165) is 5.69 Å². The summed E-state index contributed by atoms with van der Waals surface area (Å²) in [5.74, 6) is 0.573. The van der Waals surface area contributed by atoms with E-state index in [2.05, 4.69) is 10.6 Å². The molecule has 1 aliphatic heterocycles. The Morgan fingerprint density at radius 1 is 1.39 bits per heavy atom. The smallest absolute Gasteiger partial charge is 0.249 e. The van der Waals surface area contributed by atoms with Crippen LogP contribution in [0.4, 0.5) is 11.4 Å². The lowest BCUT2D eigenvalue weighted by Gasteiger charge is -2.28. The van der Waals surface area contributed by atoms with Crippen LogP contribution in [0.5, 0.6) is 5.75 Å². The van der Waals surface area contributed by atoms with Gasteiger partial charge in [0.2, 0.25) is 5.91 Å². The van der Waals surface area contributed by atoms with E-state index in [9.17, 15) is 4.79 Å². The molecule has 0 aliphatic carbocycles. The standard InChI is InChI=1S/C13H18N2O3/c1-8(2)18-11-6-4-5-9-12(11)15-13(16)10(14-9)7-17-3/h4-6,8,10,14H,7H2,1-3H3,(H,15,16). The number of ether oxygens (including phenoxy) is 2. The van der Waals surface area contributed by atoms with E-state index in [4.69, 9.17) is 9.47 Å². The van der Waals surface area contributed by atoms with E-state index in [0.29, 0.717) is 18.0 Å². The molecule has 1 amide bonds. The number of methoxy groups -OCH3 is 1. The Bertz CT molecular complexity index is 446. The van der Waals surface area contributed by atoms with Gasteiger partial charge in [0.25, 0.3) is 0 Å². The molecule has 1 aromatic carbocycles. The van der Waals surface area contributed by atoms with Gasteiger partial charge in [-0.1, -0.05) is 6.07 Å². The van der Waals surface area contributed by atoms with Crippen molar-refractivity contribution in [1.82, 2.24) is 0 Å². The molecule has 0 saturated carbocycles. The average Bonchev–Trinajstić information content (AvgIpc) is 2.31. The number of fused-ring (bicyclic) bond motifs is 1. The topological polar surface area (TPSA) is 59.6 Å². The van der Waals surface area contributed by atoms with E-state index in [-0.39, 0.29) is 18.1 Å². The summed E-state index contributed by atoms with van der Waals surface area (Å²) in [5.41, 5.74) is 1.55. The van der Waals surface area contributed by atoms with Gasteiger partial charge in [-0.3, -0.25) is 4.79 Å². The van der Waals surface area contributed by atoms with E-state index < -0.39 is 0 Å². The maximum Gasteiger partial charge on any atom is 0.249 e. The number of rotatable bonds is 4. The van der Waals surface area contributed by atoms with Crippen LogP contribution in [0.15, 0.2) is 18.2 Å². The third-order valence-electron chi connectivity index (χ3n) is 2.62. The lowest BCUT2D eigenvalue weighted by atomic mass is 10.1. The normalized spacial score (nSPS) is 18.0. The van der Waals surface area contributed by atoms with E-state index in [1.54, 1.807) is 7.11 Å². The van der Waals surface area contributed by atoms with Gasteiger partial charge in [-0.15, -0.1) is 0 Å². The van der Waals surface area contributed by atoms with Gasteiger partial charge in [-0.2, -0.15) is 0 Å². The Morgan fingerprint density at radius 3 is 2.83 bits per heavy atom. The molecule has 2 N–H and O–H groups in total. The van der Waals surface area contributed by atoms with E-state index in [1.807, 2.05) is 32.0 Å². The molecule has 1 atom stereocenters. The van der Waals surface area contributed by atoms with Gasteiger partial charge in [-0.25, -0.2) is 0 Å². The number of carbonyl (C=O) groups is 1. The molecule has 1 unspecified atom stereocenters. The molecule has 1 aliphatic rings. The summed E-state index contributed by atoms with van der Waals surface area (Å²) in [4.78, 5) is 11.9. The molecule has 0 radical (unpaired) electrons. The summed E-state index contributed by atoms with van der Waals surface area (Å²) < 4.78 is 10.7. The van der Waals surface area contributed by atoms with Crippen LogP contribution in [0, 0.1) is 0 Å². The Morgan fingerprint density at radius 2 is 2.17 bits per heavy atom. The minimum Gasteiger partial charge on any atom is -0.489 e. The fraction of sp³-hybridized carbons (Fsp3) is 0.462. The first-order valence-electron chi connectivity index (χ1n) is 5.98. The summed E-state index contributed by atoms with van der Waals surface area (Å²) in [5, 5.41) is 6.01. The summed E-state index contributed by atoms with van der Waals surface area (Å²) >= 11 is 0. The van der Waals surface area contributed by atoms with Gasteiger partial charge in [-0.05, 0) is 26.0 Å². The third kappa shape index (κ3) is 2.56. The average molecular weight is 250 g/mol. The second kappa shape index (κ2) is 5.27. The molecule has 0 bridgehead atoms. The number of nitrogens with one attached hydrogen (secondary N) is 2. The van der Waals surface area contributed by atoms with Gasteiger partial charge >= 0.3 is 0 Å². The molecule has 98 valence electrons. The molecule has 0 spiro atoms. The quantitative estimate of drug-likeness (QED) is 0.856. The minimum atomic E-state index is -0.364. The molecular weight excluding hydrogens is 232 g/mol. The van der Waals surface area contributed by atoms with Crippen LogP contribution in [-0.2, 0) is 9.53 Å². The van der Waals surface area contributed by atoms with Crippen molar-refractivity contribution in [2.75, 3.05) is 24.4 Å². The van der Waals surface area contributed by atoms with Crippen molar-refractivity contribution < 1.29 is 14.3 Å². The Labute approximate surface area is 106 Å². The molecule has 5 nitrogen and oxygen atoms in total. The Hall–Kier alpha value is -1.75. The number of hydrogen-bond acceptors (Lipinski definition) is 4. The maximum atomic E-state index is 11.9. The largest absolute Gasteiger partial charge is 0.489 e. The van der Waals surface area contributed by atoms with Gasteiger partial charge < -0.3 is 20.1 Å². The zero-order valence-electron chi connectivity index (χ0n) is 10.8. The monoisotopic (exact) mass is 250 g/mol. The molecule has 5 heteroatoms. The second-order valence-corrected chi connectivity index (χ2v) is 4.49. The molecule has 0 saturated heterocycles.